The molecule has 0 N–H and O–H groups in total. The molecule has 1 unspecified atom stereocenters. The van der Waals surface area contributed by atoms with E-state index in [0.29, 0.717) is 63.9 Å². The van der Waals surface area contributed by atoms with Crippen LogP contribution >= 0.6 is 0 Å². The van der Waals surface area contributed by atoms with Gasteiger partial charge in [0.05, 0.1) is 39.8 Å². The van der Waals surface area contributed by atoms with Gasteiger partial charge in [0.1, 0.15) is 5.75 Å². The van der Waals surface area contributed by atoms with Crippen LogP contribution in [0.2, 0.25) is 0 Å². The highest BCUT2D eigenvalue weighted by Crippen LogP contribution is 2.57. The Bertz CT molecular complexity index is 1590. The van der Waals surface area contributed by atoms with Crippen LogP contribution < -0.4 is 23.7 Å². The molecule has 1 aromatic heterocycles. The number of ether oxygens (including phenoxy) is 5. The van der Waals surface area contributed by atoms with E-state index in [1.165, 1.54) is 21.3 Å². The van der Waals surface area contributed by atoms with Crippen LogP contribution in [0.15, 0.2) is 54.6 Å². The normalized spacial score (nSPS) is 15.3. The van der Waals surface area contributed by atoms with E-state index in [1.807, 2.05) is 18.2 Å². The minimum absolute atomic E-state index is 0.0846. The number of para-hydroxylation sites is 1. The van der Waals surface area contributed by atoms with Crippen molar-refractivity contribution in [2.24, 2.45) is 0 Å². The van der Waals surface area contributed by atoms with Gasteiger partial charge in [0.15, 0.2) is 23.0 Å². The van der Waals surface area contributed by atoms with Crippen molar-refractivity contribution in [2.75, 3.05) is 28.4 Å². The number of aryl methyl sites for hydroxylation is 1. The van der Waals surface area contributed by atoms with Gasteiger partial charge in [-0.05, 0) is 47.9 Å². The summed E-state index contributed by atoms with van der Waals surface area (Å²) in [7, 11) is 6.17. The van der Waals surface area contributed by atoms with Crippen LogP contribution in [0.4, 0.5) is 13.2 Å². The fraction of sp³-hybridized carbons (Fsp3) is 0.267. The number of aromatic nitrogens is 1. The number of benzene rings is 3. The molecule has 0 fully saturated rings. The quantitative estimate of drug-likeness (QED) is 0.272. The lowest BCUT2D eigenvalue weighted by atomic mass is 9.88. The number of halogens is 3. The zero-order valence-corrected chi connectivity index (χ0v) is 21.8. The van der Waals surface area contributed by atoms with Gasteiger partial charge >= 0.3 is 6.18 Å². The fourth-order valence-electron chi connectivity index (χ4n) is 5.73. The van der Waals surface area contributed by atoms with Crippen molar-refractivity contribution in [3.63, 3.8) is 0 Å². The summed E-state index contributed by atoms with van der Waals surface area (Å²) in [5, 5.41) is 0. The number of methoxy groups -OCH3 is 4. The molecule has 2 aliphatic rings. The van der Waals surface area contributed by atoms with Crippen LogP contribution in [0.1, 0.15) is 17.4 Å². The average Bonchev–Trinajstić information content (AvgIpc) is 3.30. The lowest BCUT2D eigenvalue weighted by Gasteiger charge is -2.31. The lowest BCUT2D eigenvalue weighted by molar-refractivity contribution is -0.200. The molecule has 0 spiro atoms. The van der Waals surface area contributed by atoms with Crippen LogP contribution in [-0.4, -0.2) is 39.2 Å². The third-order valence-corrected chi connectivity index (χ3v) is 7.39. The molecule has 0 bridgehead atoms. The summed E-state index contributed by atoms with van der Waals surface area (Å²) >= 11 is 0. The topological polar surface area (TPSA) is 51.1 Å². The van der Waals surface area contributed by atoms with E-state index >= 15 is 0 Å². The molecule has 6 rings (SSSR count). The van der Waals surface area contributed by atoms with E-state index in [9.17, 15) is 13.2 Å². The van der Waals surface area contributed by atoms with Crippen molar-refractivity contribution < 1.29 is 36.9 Å². The number of alkyl halides is 3. The van der Waals surface area contributed by atoms with Gasteiger partial charge in [0, 0.05) is 28.8 Å². The van der Waals surface area contributed by atoms with Crippen molar-refractivity contribution in [1.82, 2.24) is 4.57 Å². The SMILES string of the molecule is COc1ccc(-c2c3c(n4c2-c2cc(OC)c(OC)cc2CC4)C(C(F)(F)F)Oc2ccccc2-3)cc1OC. The maximum absolute atomic E-state index is 14.6. The van der Waals surface area contributed by atoms with E-state index in [1.54, 1.807) is 48.1 Å². The largest absolute Gasteiger partial charge is 0.493 e. The third-order valence-electron chi connectivity index (χ3n) is 7.39. The minimum Gasteiger partial charge on any atom is -0.493 e. The summed E-state index contributed by atoms with van der Waals surface area (Å²) in [6.45, 7) is 0.339. The molecule has 3 heterocycles. The van der Waals surface area contributed by atoms with Gasteiger partial charge in [-0.3, -0.25) is 0 Å². The van der Waals surface area contributed by atoms with Crippen LogP contribution in [0.3, 0.4) is 0 Å². The minimum atomic E-state index is -4.63. The van der Waals surface area contributed by atoms with Gasteiger partial charge in [0.2, 0.25) is 6.10 Å². The van der Waals surface area contributed by atoms with E-state index in [4.69, 9.17) is 23.7 Å². The van der Waals surface area contributed by atoms with Crippen molar-refractivity contribution >= 4 is 0 Å². The highest BCUT2D eigenvalue weighted by molar-refractivity contribution is 5.99. The number of hydrogen-bond acceptors (Lipinski definition) is 5. The molecule has 1 atom stereocenters. The van der Waals surface area contributed by atoms with Crippen molar-refractivity contribution in [1.29, 1.82) is 0 Å². The molecule has 0 radical (unpaired) electrons. The average molecular weight is 538 g/mol. The summed E-state index contributed by atoms with van der Waals surface area (Å²) in [5.41, 5.74) is 4.91. The zero-order valence-electron chi connectivity index (χ0n) is 21.8. The molecule has 2 aliphatic heterocycles. The van der Waals surface area contributed by atoms with Gasteiger partial charge in [-0.15, -0.1) is 0 Å². The van der Waals surface area contributed by atoms with Crippen LogP contribution in [0.25, 0.3) is 33.5 Å². The number of nitrogens with zero attached hydrogens (tertiary/aromatic N) is 1. The summed E-state index contributed by atoms with van der Waals surface area (Å²) in [5.74, 6) is 2.23. The predicted octanol–water partition coefficient (Wildman–Crippen LogP) is 7.08. The first-order valence-electron chi connectivity index (χ1n) is 12.4. The molecule has 3 aromatic carbocycles. The summed E-state index contributed by atoms with van der Waals surface area (Å²) in [6.07, 6.45) is -6.25. The highest BCUT2D eigenvalue weighted by Gasteiger charge is 2.50. The van der Waals surface area contributed by atoms with Crippen LogP contribution in [-0.2, 0) is 13.0 Å². The molecule has 39 heavy (non-hydrogen) atoms. The van der Waals surface area contributed by atoms with Crippen molar-refractivity contribution in [2.45, 2.75) is 25.2 Å². The molecule has 4 aromatic rings. The highest BCUT2D eigenvalue weighted by atomic mass is 19.4. The summed E-state index contributed by atoms with van der Waals surface area (Å²) in [6, 6.07) is 16.0. The van der Waals surface area contributed by atoms with Gasteiger partial charge in [-0.25, -0.2) is 0 Å². The molecule has 202 valence electrons. The Morgan fingerprint density at radius 2 is 1.44 bits per heavy atom. The Kier molecular flexibility index (Phi) is 5.89. The maximum atomic E-state index is 14.6. The van der Waals surface area contributed by atoms with E-state index in [2.05, 4.69) is 0 Å². The first-order chi connectivity index (χ1) is 18.8. The Labute approximate surface area is 223 Å². The molecular formula is C30H26F3NO5. The fourth-order valence-corrected chi connectivity index (χ4v) is 5.73. The first-order valence-corrected chi connectivity index (χ1v) is 12.4. The van der Waals surface area contributed by atoms with Crippen molar-refractivity contribution in [3.8, 4) is 62.3 Å². The molecule has 9 heteroatoms. The Morgan fingerprint density at radius 3 is 2.13 bits per heavy atom. The van der Waals surface area contributed by atoms with E-state index < -0.39 is 12.3 Å². The summed E-state index contributed by atoms with van der Waals surface area (Å²) in [4.78, 5) is 0. The van der Waals surface area contributed by atoms with Gasteiger partial charge in [-0.2, -0.15) is 13.2 Å². The molecule has 0 saturated carbocycles. The van der Waals surface area contributed by atoms with E-state index in [0.717, 1.165) is 11.1 Å². The van der Waals surface area contributed by atoms with Gasteiger partial charge < -0.3 is 28.3 Å². The monoisotopic (exact) mass is 537 g/mol. The van der Waals surface area contributed by atoms with Crippen molar-refractivity contribution in [3.05, 3.63) is 65.9 Å². The third kappa shape index (κ3) is 3.78. The molecule has 0 saturated heterocycles. The lowest BCUT2D eigenvalue weighted by Crippen LogP contribution is -2.31. The van der Waals surface area contributed by atoms with Crippen LogP contribution in [0, 0.1) is 0 Å². The second-order valence-electron chi connectivity index (χ2n) is 9.36. The van der Waals surface area contributed by atoms with E-state index in [-0.39, 0.29) is 11.4 Å². The maximum Gasteiger partial charge on any atom is 0.431 e. The zero-order chi connectivity index (χ0) is 27.5. The van der Waals surface area contributed by atoms with Crippen LogP contribution in [0.5, 0.6) is 28.7 Å². The van der Waals surface area contributed by atoms with Gasteiger partial charge in [0.25, 0.3) is 0 Å². The number of rotatable bonds is 5. The summed E-state index contributed by atoms with van der Waals surface area (Å²) < 4.78 is 73.4. The van der Waals surface area contributed by atoms with Gasteiger partial charge in [-0.1, -0.05) is 24.3 Å². The number of fused-ring (bicyclic) bond motifs is 7. The molecule has 0 amide bonds. The second-order valence-corrected chi connectivity index (χ2v) is 9.36. The number of hydrogen-bond donors (Lipinski definition) is 0. The smallest absolute Gasteiger partial charge is 0.431 e. The predicted molar refractivity (Wildman–Crippen MR) is 140 cm³/mol. The standard InChI is InChI=1S/C30H26F3NO5/c1-35-21-10-9-17(14-22(21)36-2)25-26-18-7-5-6-8-20(18)39-29(30(31,32)33)28(26)34-12-11-16-13-23(37-3)24(38-4)15-19(16)27(25)34/h5-10,13-15,29H,11-12H2,1-4H3. The molecule has 0 aliphatic carbocycles. The molecule has 6 nitrogen and oxygen atoms in total. The first kappa shape index (κ1) is 25.0. The Morgan fingerprint density at radius 1 is 0.769 bits per heavy atom. The Balaban J connectivity index is 1.76. The molecular weight excluding hydrogens is 511 g/mol. The Hall–Kier alpha value is -4.27. The second kappa shape index (κ2) is 9.18.